The maximum Gasteiger partial charge on any atom is 0.343 e. The fourth-order valence-electron chi connectivity index (χ4n) is 3.02. The quantitative estimate of drug-likeness (QED) is 0.375. The Kier molecular flexibility index (Phi) is 5.14. The van der Waals surface area contributed by atoms with Gasteiger partial charge >= 0.3 is 5.97 Å². The van der Waals surface area contributed by atoms with E-state index >= 15 is 0 Å². The van der Waals surface area contributed by atoms with Crippen molar-refractivity contribution in [1.82, 2.24) is 0 Å². The summed E-state index contributed by atoms with van der Waals surface area (Å²) in [5, 5.41) is 0.595. The Hall–Kier alpha value is -3.44. The molecular weight excluding hydrogens is 407 g/mol. The molecule has 0 N–H and O–H groups in total. The summed E-state index contributed by atoms with van der Waals surface area (Å²) in [5.74, 6) is -1.40. The molecular formula is C24H16ClFO4. The number of ether oxygens (including phenoxy) is 1. The maximum atomic E-state index is 13.2. The Balaban J connectivity index is 1.92. The minimum absolute atomic E-state index is 0.104. The lowest BCUT2D eigenvalue weighted by molar-refractivity contribution is 0.0731. The minimum Gasteiger partial charge on any atom is -0.452 e. The lowest BCUT2D eigenvalue weighted by Gasteiger charge is -2.12. The average molecular weight is 423 g/mol. The van der Waals surface area contributed by atoms with E-state index in [2.05, 4.69) is 0 Å². The lowest BCUT2D eigenvalue weighted by Crippen LogP contribution is -2.16. The molecule has 0 radical (unpaired) electrons. The van der Waals surface area contributed by atoms with E-state index in [4.69, 9.17) is 20.8 Å². The van der Waals surface area contributed by atoms with E-state index < -0.39 is 17.2 Å². The number of aryl methyl sites for hydroxylation is 2. The number of halogens is 2. The summed E-state index contributed by atoms with van der Waals surface area (Å²) < 4.78 is 24.6. The largest absolute Gasteiger partial charge is 0.452 e. The summed E-state index contributed by atoms with van der Waals surface area (Å²) in [6.07, 6.45) is 0. The van der Waals surface area contributed by atoms with Crippen molar-refractivity contribution in [3.63, 3.8) is 0 Å². The molecule has 4 aromatic rings. The van der Waals surface area contributed by atoms with Crippen molar-refractivity contribution in [3.8, 4) is 17.1 Å². The molecule has 4 rings (SSSR count). The van der Waals surface area contributed by atoms with Crippen molar-refractivity contribution < 1.29 is 18.3 Å². The number of carbonyl (C=O) groups is 1. The molecule has 4 nitrogen and oxygen atoms in total. The van der Waals surface area contributed by atoms with Crippen LogP contribution in [0.1, 0.15) is 21.5 Å². The third-order valence-electron chi connectivity index (χ3n) is 4.72. The van der Waals surface area contributed by atoms with Crippen LogP contribution < -0.4 is 10.2 Å². The smallest absolute Gasteiger partial charge is 0.343 e. The predicted molar refractivity (Wildman–Crippen MR) is 114 cm³/mol. The van der Waals surface area contributed by atoms with E-state index in [-0.39, 0.29) is 22.5 Å². The Labute approximate surface area is 176 Å². The van der Waals surface area contributed by atoms with Crippen molar-refractivity contribution in [1.29, 1.82) is 0 Å². The summed E-state index contributed by atoms with van der Waals surface area (Å²) in [7, 11) is 0. The van der Waals surface area contributed by atoms with Crippen LogP contribution in [0.25, 0.3) is 22.3 Å². The summed E-state index contributed by atoms with van der Waals surface area (Å²) in [4.78, 5) is 25.8. The Morgan fingerprint density at radius 3 is 2.33 bits per heavy atom. The third-order valence-corrected chi connectivity index (χ3v) is 5.13. The van der Waals surface area contributed by atoms with Gasteiger partial charge in [0.1, 0.15) is 11.4 Å². The molecule has 1 heterocycles. The van der Waals surface area contributed by atoms with E-state index in [1.165, 1.54) is 18.2 Å². The number of hydrogen-bond donors (Lipinski definition) is 0. The summed E-state index contributed by atoms with van der Waals surface area (Å²) in [6, 6.07) is 15.3. The highest BCUT2D eigenvalue weighted by Gasteiger charge is 2.22. The van der Waals surface area contributed by atoms with Gasteiger partial charge in [0.15, 0.2) is 5.76 Å². The van der Waals surface area contributed by atoms with E-state index in [0.29, 0.717) is 16.2 Å². The minimum atomic E-state index is -0.798. The molecule has 6 heteroatoms. The average Bonchev–Trinajstić information content (AvgIpc) is 2.72. The molecule has 150 valence electrons. The first-order chi connectivity index (χ1) is 14.3. The van der Waals surface area contributed by atoms with Gasteiger partial charge in [0.2, 0.25) is 11.2 Å². The van der Waals surface area contributed by atoms with Crippen LogP contribution in [-0.2, 0) is 0 Å². The second-order valence-corrected chi connectivity index (χ2v) is 7.36. The monoisotopic (exact) mass is 422 g/mol. The Morgan fingerprint density at radius 1 is 1.00 bits per heavy atom. The van der Waals surface area contributed by atoms with Crippen LogP contribution in [0.3, 0.4) is 0 Å². The van der Waals surface area contributed by atoms with Gasteiger partial charge in [-0.1, -0.05) is 41.4 Å². The highest BCUT2D eigenvalue weighted by Crippen LogP contribution is 2.33. The number of benzene rings is 3. The molecule has 0 spiro atoms. The van der Waals surface area contributed by atoms with Crippen LogP contribution in [0.5, 0.6) is 5.75 Å². The number of carbonyl (C=O) groups excluding carboxylic acids is 1. The zero-order valence-corrected chi connectivity index (χ0v) is 16.9. The molecule has 0 saturated carbocycles. The van der Waals surface area contributed by atoms with Crippen molar-refractivity contribution in [3.05, 3.63) is 98.4 Å². The first-order valence-electron chi connectivity index (χ1n) is 9.15. The number of rotatable bonds is 3. The van der Waals surface area contributed by atoms with Gasteiger partial charge in [-0.3, -0.25) is 4.79 Å². The number of esters is 1. The van der Waals surface area contributed by atoms with E-state index in [1.807, 2.05) is 19.1 Å². The number of hydrogen-bond acceptors (Lipinski definition) is 4. The second kappa shape index (κ2) is 7.76. The van der Waals surface area contributed by atoms with E-state index in [1.54, 1.807) is 25.1 Å². The van der Waals surface area contributed by atoms with Crippen LogP contribution in [0.15, 0.2) is 69.9 Å². The maximum absolute atomic E-state index is 13.2. The summed E-state index contributed by atoms with van der Waals surface area (Å²) in [5.41, 5.74) is 2.26. The fourth-order valence-corrected chi connectivity index (χ4v) is 3.19. The van der Waals surface area contributed by atoms with Crippen LogP contribution in [-0.4, -0.2) is 5.97 Å². The topological polar surface area (TPSA) is 56.5 Å². The molecule has 0 aliphatic carbocycles. The first kappa shape index (κ1) is 19.9. The fraction of sp³-hybridized carbons (Fsp3) is 0.0833. The Bertz CT molecular complexity index is 1320. The van der Waals surface area contributed by atoms with Gasteiger partial charge in [0.25, 0.3) is 0 Å². The summed E-state index contributed by atoms with van der Waals surface area (Å²) in [6.45, 7) is 3.73. The molecule has 3 aromatic carbocycles. The van der Waals surface area contributed by atoms with Crippen molar-refractivity contribution in [2.75, 3.05) is 0 Å². The van der Waals surface area contributed by atoms with Gasteiger partial charge in [-0.05, 0) is 55.8 Å². The Morgan fingerprint density at radius 2 is 1.67 bits per heavy atom. The zero-order valence-electron chi connectivity index (χ0n) is 16.2. The molecule has 0 fully saturated rings. The van der Waals surface area contributed by atoms with Crippen LogP contribution in [0, 0.1) is 19.7 Å². The zero-order chi connectivity index (χ0) is 21.4. The summed E-state index contributed by atoms with van der Waals surface area (Å²) >= 11 is 6.18. The number of fused-ring (bicyclic) bond motifs is 1. The lowest BCUT2D eigenvalue weighted by atomic mass is 10.1. The molecule has 0 amide bonds. The predicted octanol–water partition coefficient (Wildman–Crippen LogP) is 6.09. The highest BCUT2D eigenvalue weighted by atomic mass is 35.5. The van der Waals surface area contributed by atoms with Gasteiger partial charge in [0.05, 0.1) is 10.9 Å². The van der Waals surface area contributed by atoms with Crippen LogP contribution >= 0.6 is 11.6 Å². The molecule has 0 aliphatic rings. The van der Waals surface area contributed by atoms with Crippen molar-refractivity contribution in [2.24, 2.45) is 0 Å². The van der Waals surface area contributed by atoms with Gasteiger partial charge in [-0.25, -0.2) is 9.18 Å². The van der Waals surface area contributed by atoms with Crippen molar-refractivity contribution in [2.45, 2.75) is 13.8 Å². The molecule has 1 aromatic heterocycles. The molecule has 30 heavy (non-hydrogen) atoms. The van der Waals surface area contributed by atoms with E-state index in [0.717, 1.165) is 23.3 Å². The SMILES string of the molecule is Cc1ccc(-c2oc3cc(C)c(Cl)cc3c(=O)c2OC(=O)c2ccc(F)cc2)cc1. The first-order valence-corrected chi connectivity index (χ1v) is 9.53. The highest BCUT2D eigenvalue weighted by molar-refractivity contribution is 6.32. The molecule has 0 unspecified atom stereocenters. The van der Waals surface area contributed by atoms with Gasteiger partial charge in [-0.15, -0.1) is 0 Å². The van der Waals surface area contributed by atoms with Crippen LogP contribution in [0.2, 0.25) is 5.02 Å². The van der Waals surface area contributed by atoms with E-state index in [9.17, 15) is 14.0 Å². The van der Waals surface area contributed by atoms with Gasteiger partial charge < -0.3 is 9.15 Å². The van der Waals surface area contributed by atoms with Gasteiger partial charge in [-0.2, -0.15) is 0 Å². The molecule has 0 saturated heterocycles. The molecule has 0 bridgehead atoms. The second-order valence-electron chi connectivity index (χ2n) is 6.95. The van der Waals surface area contributed by atoms with Crippen LogP contribution in [0.4, 0.5) is 4.39 Å². The third kappa shape index (κ3) is 3.72. The molecule has 0 aliphatic heterocycles. The molecule has 0 atom stereocenters. The van der Waals surface area contributed by atoms with Crippen molar-refractivity contribution >= 4 is 28.5 Å². The normalized spacial score (nSPS) is 10.9. The standard InChI is InChI=1S/C24H16ClFO4/c1-13-3-5-15(6-4-13)22-23(30-24(28)16-7-9-17(26)10-8-16)21(27)18-12-19(25)14(2)11-20(18)29-22/h3-12H,1-2H3. The van der Waals surface area contributed by atoms with Gasteiger partial charge in [0, 0.05) is 10.6 Å².